The van der Waals surface area contributed by atoms with Gasteiger partial charge in [-0.3, -0.25) is 5.10 Å². The average molecular weight is 463 g/mol. The third kappa shape index (κ3) is 3.84. The van der Waals surface area contributed by atoms with Gasteiger partial charge in [-0.2, -0.15) is 5.10 Å². The number of anilines is 2. The van der Waals surface area contributed by atoms with E-state index in [1.165, 1.54) is 12.1 Å². The third-order valence-electron chi connectivity index (χ3n) is 5.08. The van der Waals surface area contributed by atoms with Gasteiger partial charge in [0.2, 0.25) is 10.0 Å². The lowest BCUT2D eigenvalue weighted by atomic mass is 10.0. The molecule has 5 N–H and O–H groups in total. The highest BCUT2D eigenvalue weighted by molar-refractivity contribution is 7.89. The van der Waals surface area contributed by atoms with Gasteiger partial charge in [-0.15, -0.1) is 11.3 Å². The van der Waals surface area contributed by atoms with Crippen LogP contribution >= 0.6 is 11.3 Å². The summed E-state index contributed by atoms with van der Waals surface area (Å²) in [4.78, 5) is 0.0537. The number of hydrogen-bond donors (Lipinski definition) is 4. The minimum Gasteiger partial charge on any atom is -0.508 e. The number of fused-ring (bicyclic) bond motifs is 1. The molecule has 5 rings (SSSR count). The van der Waals surface area contributed by atoms with E-state index in [9.17, 15) is 13.5 Å². The molecule has 9 heteroatoms. The van der Waals surface area contributed by atoms with Crippen molar-refractivity contribution in [1.82, 2.24) is 10.2 Å². The van der Waals surface area contributed by atoms with Gasteiger partial charge in [-0.25, -0.2) is 13.6 Å². The van der Waals surface area contributed by atoms with Crippen LogP contribution in [0.15, 0.2) is 83.1 Å². The largest absolute Gasteiger partial charge is 0.508 e. The number of aromatic hydroxyl groups is 1. The summed E-state index contributed by atoms with van der Waals surface area (Å²) in [6, 6.07) is 21.4. The number of sulfonamides is 1. The summed E-state index contributed by atoms with van der Waals surface area (Å²) in [5, 5.41) is 28.7. The molecule has 2 heterocycles. The lowest BCUT2D eigenvalue weighted by Gasteiger charge is -2.05. The van der Waals surface area contributed by atoms with Crippen LogP contribution in [0.25, 0.3) is 32.5 Å². The van der Waals surface area contributed by atoms with Gasteiger partial charge in [0, 0.05) is 32.8 Å². The number of hydrogen-bond acceptors (Lipinski definition) is 6. The number of benzene rings is 3. The fourth-order valence-electron chi connectivity index (χ4n) is 3.57. The molecule has 0 saturated carbocycles. The molecule has 0 saturated heterocycles. The zero-order chi connectivity index (χ0) is 22.3. The Morgan fingerprint density at radius 1 is 0.969 bits per heavy atom. The van der Waals surface area contributed by atoms with Crippen molar-refractivity contribution in [3.63, 3.8) is 0 Å². The number of rotatable bonds is 5. The molecule has 5 aromatic rings. The van der Waals surface area contributed by atoms with E-state index in [1.54, 1.807) is 35.6 Å². The number of aromatic amines is 1. The molecular formula is C23H18N4O3S2. The van der Waals surface area contributed by atoms with Crippen molar-refractivity contribution < 1.29 is 13.5 Å². The van der Waals surface area contributed by atoms with Crippen LogP contribution in [0.2, 0.25) is 0 Å². The van der Waals surface area contributed by atoms with E-state index in [0.717, 1.165) is 32.5 Å². The highest BCUT2D eigenvalue weighted by Crippen LogP contribution is 2.40. The van der Waals surface area contributed by atoms with E-state index in [0.29, 0.717) is 11.5 Å². The Kier molecular flexibility index (Phi) is 4.93. The maximum Gasteiger partial charge on any atom is 0.238 e. The topological polar surface area (TPSA) is 121 Å². The van der Waals surface area contributed by atoms with E-state index >= 15 is 0 Å². The second-order valence-corrected chi connectivity index (χ2v) is 9.68. The van der Waals surface area contributed by atoms with Crippen LogP contribution in [0, 0.1) is 0 Å². The zero-order valence-electron chi connectivity index (χ0n) is 16.6. The van der Waals surface area contributed by atoms with Gasteiger partial charge in [-0.05, 0) is 47.5 Å². The predicted octanol–water partition coefficient (Wildman–Crippen LogP) is 5.06. The first-order valence-electron chi connectivity index (χ1n) is 9.64. The van der Waals surface area contributed by atoms with E-state index in [4.69, 9.17) is 5.14 Å². The number of thiophene rings is 1. The second kappa shape index (κ2) is 7.79. The van der Waals surface area contributed by atoms with Gasteiger partial charge in [0.25, 0.3) is 0 Å². The number of phenols is 1. The molecule has 0 atom stereocenters. The predicted molar refractivity (Wildman–Crippen MR) is 128 cm³/mol. The maximum absolute atomic E-state index is 11.4. The van der Waals surface area contributed by atoms with Gasteiger partial charge in [0.15, 0.2) is 5.82 Å². The first-order chi connectivity index (χ1) is 15.4. The summed E-state index contributed by atoms with van der Waals surface area (Å²) in [7, 11) is -3.73. The second-order valence-electron chi connectivity index (χ2n) is 7.24. The van der Waals surface area contributed by atoms with Gasteiger partial charge < -0.3 is 10.4 Å². The summed E-state index contributed by atoms with van der Waals surface area (Å²) in [5.74, 6) is 0.838. The van der Waals surface area contributed by atoms with Crippen LogP contribution in [0.3, 0.4) is 0 Å². The highest BCUT2D eigenvalue weighted by Gasteiger charge is 2.14. The van der Waals surface area contributed by atoms with Crippen molar-refractivity contribution in [2.75, 3.05) is 5.32 Å². The van der Waals surface area contributed by atoms with Crippen molar-refractivity contribution in [2.45, 2.75) is 4.90 Å². The van der Waals surface area contributed by atoms with E-state index in [2.05, 4.69) is 27.0 Å². The van der Waals surface area contributed by atoms with Crippen LogP contribution in [-0.4, -0.2) is 23.7 Å². The Morgan fingerprint density at radius 3 is 2.50 bits per heavy atom. The number of primary sulfonamides is 1. The number of nitrogens with one attached hydrogen (secondary N) is 2. The summed E-state index contributed by atoms with van der Waals surface area (Å²) < 4.78 is 23.9. The Hall–Kier alpha value is -3.66. The quantitative estimate of drug-likeness (QED) is 0.291. The van der Waals surface area contributed by atoms with Crippen LogP contribution in [0.5, 0.6) is 5.75 Å². The highest BCUT2D eigenvalue weighted by atomic mass is 32.2. The standard InChI is InChI=1S/C23H18N4O3S2/c24-32(29,30)17-9-7-15(8-10-17)25-22-12-21(26-27-22)20-13-31-23-18(5-2-6-19(20)23)14-3-1-4-16(28)11-14/h1-13,28H,(H2,24,29,30)(H2,25,26,27). The zero-order valence-corrected chi connectivity index (χ0v) is 18.2. The van der Waals surface area contributed by atoms with E-state index < -0.39 is 10.0 Å². The fourth-order valence-corrected chi connectivity index (χ4v) is 5.19. The maximum atomic E-state index is 11.4. The van der Waals surface area contributed by atoms with E-state index in [1.807, 2.05) is 30.3 Å². The minimum atomic E-state index is -3.73. The normalized spacial score (nSPS) is 11.7. The molecule has 0 aliphatic heterocycles. The SMILES string of the molecule is NS(=O)(=O)c1ccc(Nc2cc(-c3csc4c(-c5cccc(O)c5)cccc34)[nH]n2)cc1. The Labute approximate surface area is 188 Å². The van der Waals surface area contributed by atoms with Crippen molar-refractivity contribution in [3.8, 4) is 28.1 Å². The van der Waals surface area contributed by atoms with Crippen molar-refractivity contribution >= 4 is 43.0 Å². The van der Waals surface area contributed by atoms with Crippen molar-refractivity contribution in [2.24, 2.45) is 5.14 Å². The van der Waals surface area contributed by atoms with Gasteiger partial charge >= 0.3 is 0 Å². The molecule has 2 aromatic heterocycles. The molecule has 0 aliphatic carbocycles. The summed E-state index contributed by atoms with van der Waals surface area (Å²) in [6.45, 7) is 0. The molecule has 0 unspecified atom stereocenters. The first-order valence-corrected chi connectivity index (χ1v) is 12.1. The molecular weight excluding hydrogens is 444 g/mol. The molecule has 0 radical (unpaired) electrons. The van der Waals surface area contributed by atoms with Crippen LogP contribution in [0.1, 0.15) is 0 Å². The Bertz CT molecular complexity index is 1540. The smallest absolute Gasteiger partial charge is 0.238 e. The molecule has 32 heavy (non-hydrogen) atoms. The summed E-state index contributed by atoms with van der Waals surface area (Å²) in [5.41, 5.74) is 4.59. The number of aromatic nitrogens is 2. The lowest BCUT2D eigenvalue weighted by molar-refractivity contribution is 0.475. The van der Waals surface area contributed by atoms with Gasteiger partial charge in [0.1, 0.15) is 5.75 Å². The third-order valence-corrected chi connectivity index (χ3v) is 7.04. The van der Waals surface area contributed by atoms with Crippen LogP contribution in [-0.2, 0) is 10.0 Å². The monoisotopic (exact) mass is 462 g/mol. The fraction of sp³-hybridized carbons (Fsp3) is 0. The summed E-state index contributed by atoms with van der Waals surface area (Å²) in [6.07, 6.45) is 0. The molecule has 160 valence electrons. The van der Waals surface area contributed by atoms with Gasteiger partial charge in [-0.1, -0.05) is 30.3 Å². The number of phenolic OH excluding ortho intramolecular Hbond substituents is 1. The van der Waals surface area contributed by atoms with Crippen LogP contribution < -0.4 is 10.5 Å². The lowest BCUT2D eigenvalue weighted by Crippen LogP contribution is -2.11. The first kappa shape index (κ1) is 20.3. The Morgan fingerprint density at radius 2 is 1.75 bits per heavy atom. The number of H-pyrrole nitrogens is 1. The molecule has 0 fully saturated rings. The van der Waals surface area contributed by atoms with Crippen molar-refractivity contribution in [3.05, 3.63) is 78.2 Å². The molecule has 0 bridgehead atoms. The number of nitrogens with two attached hydrogens (primary N) is 1. The Balaban J connectivity index is 1.45. The molecule has 3 aromatic carbocycles. The minimum absolute atomic E-state index is 0.0537. The number of nitrogens with zero attached hydrogens (tertiary/aromatic N) is 1. The van der Waals surface area contributed by atoms with Crippen molar-refractivity contribution in [1.29, 1.82) is 0 Å². The molecule has 7 nitrogen and oxygen atoms in total. The average Bonchev–Trinajstić information content (AvgIpc) is 3.40. The van der Waals surface area contributed by atoms with Gasteiger partial charge in [0.05, 0.1) is 10.6 Å². The van der Waals surface area contributed by atoms with E-state index in [-0.39, 0.29) is 10.6 Å². The molecule has 0 amide bonds. The molecule has 0 spiro atoms. The molecule has 0 aliphatic rings. The van der Waals surface area contributed by atoms with Crippen LogP contribution in [0.4, 0.5) is 11.5 Å². The summed E-state index contributed by atoms with van der Waals surface area (Å²) >= 11 is 1.63.